The van der Waals surface area contributed by atoms with Gasteiger partial charge in [0.15, 0.2) is 0 Å². The predicted octanol–water partition coefficient (Wildman–Crippen LogP) is 1.38. The van der Waals surface area contributed by atoms with Crippen LogP contribution in [0.2, 0.25) is 0 Å². The van der Waals surface area contributed by atoms with Crippen LogP contribution >= 0.6 is 15.9 Å². The Labute approximate surface area is 98.4 Å². The summed E-state index contributed by atoms with van der Waals surface area (Å²) < 4.78 is 0.929. The highest BCUT2D eigenvalue weighted by Gasteiger charge is 2.17. The van der Waals surface area contributed by atoms with Gasteiger partial charge in [0.1, 0.15) is 0 Å². The molecule has 0 unspecified atom stereocenters. The number of rotatable bonds is 2. The zero-order valence-corrected chi connectivity index (χ0v) is 10.4. The van der Waals surface area contributed by atoms with Gasteiger partial charge in [0.2, 0.25) is 5.95 Å². The zero-order valence-electron chi connectivity index (χ0n) is 8.86. The average molecular weight is 271 g/mol. The zero-order chi connectivity index (χ0) is 10.7. The van der Waals surface area contributed by atoms with Crippen molar-refractivity contribution in [2.75, 3.05) is 37.6 Å². The van der Waals surface area contributed by atoms with Crippen LogP contribution < -0.4 is 4.90 Å². The molecule has 0 N–H and O–H groups in total. The molecule has 0 aliphatic carbocycles. The van der Waals surface area contributed by atoms with E-state index in [9.17, 15) is 0 Å². The molecular weight excluding hydrogens is 256 g/mol. The number of nitrogens with zero attached hydrogens (tertiary/aromatic N) is 4. The first-order valence-electron chi connectivity index (χ1n) is 5.24. The van der Waals surface area contributed by atoms with E-state index >= 15 is 0 Å². The Bertz CT molecular complexity index is 306. The highest BCUT2D eigenvalue weighted by molar-refractivity contribution is 9.10. The van der Waals surface area contributed by atoms with Crippen LogP contribution in [0.3, 0.4) is 0 Å². The fourth-order valence-corrected chi connectivity index (χ4v) is 1.94. The number of hydrogen-bond acceptors (Lipinski definition) is 4. The quantitative estimate of drug-likeness (QED) is 0.813. The summed E-state index contributed by atoms with van der Waals surface area (Å²) in [6, 6.07) is 0. The van der Waals surface area contributed by atoms with Gasteiger partial charge in [0.25, 0.3) is 0 Å². The summed E-state index contributed by atoms with van der Waals surface area (Å²) in [6.45, 7) is 7.59. The Morgan fingerprint density at radius 2 is 1.80 bits per heavy atom. The molecule has 1 fully saturated rings. The van der Waals surface area contributed by atoms with Gasteiger partial charge in [-0.15, -0.1) is 0 Å². The van der Waals surface area contributed by atoms with Crippen LogP contribution in [0, 0.1) is 0 Å². The van der Waals surface area contributed by atoms with E-state index in [2.05, 4.69) is 42.6 Å². The van der Waals surface area contributed by atoms with Crippen LogP contribution in [0.25, 0.3) is 0 Å². The molecule has 0 amide bonds. The third kappa shape index (κ3) is 2.66. The third-order valence-electron chi connectivity index (χ3n) is 2.71. The molecule has 2 heterocycles. The molecule has 4 nitrogen and oxygen atoms in total. The predicted molar refractivity (Wildman–Crippen MR) is 64.1 cm³/mol. The number of piperazine rings is 1. The molecule has 82 valence electrons. The third-order valence-corrected chi connectivity index (χ3v) is 3.12. The SMILES string of the molecule is CCN1CCN(c2ncc(Br)cn2)CC1. The highest BCUT2D eigenvalue weighted by atomic mass is 79.9. The molecule has 2 rings (SSSR count). The number of anilines is 1. The average Bonchev–Trinajstić information content (AvgIpc) is 2.30. The molecule has 0 atom stereocenters. The Morgan fingerprint density at radius 3 is 2.33 bits per heavy atom. The monoisotopic (exact) mass is 270 g/mol. The first kappa shape index (κ1) is 10.8. The Morgan fingerprint density at radius 1 is 1.20 bits per heavy atom. The topological polar surface area (TPSA) is 32.3 Å². The molecule has 0 radical (unpaired) electrons. The maximum Gasteiger partial charge on any atom is 0.225 e. The smallest absolute Gasteiger partial charge is 0.225 e. The van der Waals surface area contributed by atoms with Crippen molar-refractivity contribution in [3.05, 3.63) is 16.9 Å². The van der Waals surface area contributed by atoms with Crippen LogP contribution in [0.15, 0.2) is 16.9 Å². The first-order valence-corrected chi connectivity index (χ1v) is 6.03. The van der Waals surface area contributed by atoms with Crippen LogP contribution in [0.5, 0.6) is 0 Å². The molecule has 0 spiro atoms. The Balaban J connectivity index is 1.98. The first-order chi connectivity index (χ1) is 7.29. The van der Waals surface area contributed by atoms with Crippen molar-refractivity contribution in [2.45, 2.75) is 6.92 Å². The number of halogens is 1. The summed E-state index contributed by atoms with van der Waals surface area (Å²) in [5.41, 5.74) is 0. The van der Waals surface area contributed by atoms with Gasteiger partial charge in [-0.25, -0.2) is 9.97 Å². The largest absolute Gasteiger partial charge is 0.338 e. The second-order valence-corrected chi connectivity index (χ2v) is 4.54. The summed E-state index contributed by atoms with van der Waals surface area (Å²) in [6.07, 6.45) is 3.60. The van der Waals surface area contributed by atoms with E-state index in [0.717, 1.165) is 43.1 Å². The lowest BCUT2D eigenvalue weighted by molar-refractivity contribution is 0.270. The van der Waals surface area contributed by atoms with Crippen molar-refractivity contribution in [2.24, 2.45) is 0 Å². The second kappa shape index (κ2) is 4.90. The number of hydrogen-bond donors (Lipinski definition) is 0. The van der Waals surface area contributed by atoms with E-state index in [-0.39, 0.29) is 0 Å². The number of likely N-dealkylation sites (N-methyl/N-ethyl adjacent to an activating group) is 1. The van der Waals surface area contributed by atoms with Gasteiger partial charge in [-0.1, -0.05) is 6.92 Å². The molecule has 1 aliphatic heterocycles. The van der Waals surface area contributed by atoms with Gasteiger partial charge in [-0.05, 0) is 22.5 Å². The van der Waals surface area contributed by atoms with Crippen LogP contribution in [0.1, 0.15) is 6.92 Å². The molecular formula is C10H15BrN4. The Hall–Kier alpha value is -0.680. The number of aromatic nitrogens is 2. The molecule has 1 aromatic rings. The van der Waals surface area contributed by atoms with Crippen molar-refractivity contribution in [1.29, 1.82) is 0 Å². The van der Waals surface area contributed by atoms with E-state index < -0.39 is 0 Å². The minimum atomic E-state index is 0.842. The summed E-state index contributed by atoms with van der Waals surface area (Å²) in [4.78, 5) is 13.3. The molecule has 0 saturated carbocycles. The molecule has 1 aromatic heterocycles. The normalized spacial score (nSPS) is 18.1. The van der Waals surface area contributed by atoms with Crippen LogP contribution in [-0.2, 0) is 0 Å². The molecule has 1 aliphatic rings. The van der Waals surface area contributed by atoms with Crippen LogP contribution in [-0.4, -0.2) is 47.6 Å². The lowest BCUT2D eigenvalue weighted by atomic mass is 10.3. The van der Waals surface area contributed by atoms with Crippen molar-refractivity contribution >= 4 is 21.9 Å². The van der Waals surface area contributed by atoms with Gasteiger partial charge >= 0.3 is 0 Å². The maximum atomic E-state index is 4.30. The van der Waals surface area contributed by atoms with Gasteiger partial charge in [0.05, 0.1) is 4.47 Å². The fraction of sp³-hybridized carbons (Fsp3) is 0.600. The molecule has 5 heteroatoms. The van der Waals surface area contributed by atoms with Gasteiger partial charge in [-0.2, -0.15) is 0 Å². The summed E-state index contributed by atoms with van der Waals surface area (Å²) in [7, 11) is 0. The molecule has 0 bridgehead atoms. The van der Waals surface area contributed by atoms with Gasteiger partial charge in [-0.3, -0.25) is 0 Å². The molecule has 0 aromatic carbocycles. The minimum Gasteiger partial charge on any atom is -0.338 e. The van der Waals surface area contributed by atoms with Gasteiger partial charge < -0.3 is 9.80 Å². The van der Waals surface area contributed by atoms with E-state index in [1.807, 2.05) is 0 Å². The van der Waals surface area contributed by atoms with Crippen molar-refractivity contribution in [3.8, 4) is 0 Å². The van der Waals surface area contributed by atoms with E-state index in [4.69, 9.17) is 0 Å². The lowest BCUT2D eigenvalue weighted by Crippen LogP contribution is -2.46. The van der Waals surface area contributed by atoms with Crippen LogP contribution in [0.4, 0.5) is 5.95 Å². The highest BCUT2D eigenvalue weighted by Crippen LogP contribution is 2.12. The van der Waals surface area contributed by atoms with Crippen molar-refractivity contribution < 1.29 is 0 Å². The summed E-state index contributed by atoms with van der Waals surface area (Å²) in [5, 5.41) is 0. The van der Waals surface area contributed by atoms with Gasteiger partial charge in [0, 0.05) is 38.6 Å². The lowest BCUT2D eigenvalue weighted by Gasteiger charge is -2.33. The standard InChI is InChI=1S/C10H15BrN4/c1-2-14-3-5-15(6-4-14)10-12-7-9(11)8-13-10/h7-8H,2-6H2,1H3. The summed E-state index contributed by atoms with van der Waals surface area (Å²) >= 11 is 3.34. The molecule has 1 saturated heterocycles. The maximum absolute atomic E-state index is 4.30. The van der Waals surface area contributed by atoms with E-state index in [0.29, 0.717) is 0 Å². The van der Waals surface area contributed by atoms with Crippen molar-refractivity contribution in [3.63, 3.8) is 0 Å². The van der Waals surface area contributed by atoms with E-state index in [1.165, 1.54) is 0 Å². The Kier molecular flexibility index (Phi) is 3.53. The molecule has 15 heavy (non-hydrogen) atoms. The second-order valence-electron chi connectivity index (χ2n) is 3.62. The minimum absolute atomic E-state index is 0.842. The summed E-state index contributed by atoms with van der Waals surface area (Å²) in [5.74, 6) is 0.842. The van der Waals surface area contributed by atoms with E-state index in [1.54, 1.807) is 12.4 Å². The van der Waals surface area contributed by atoms with Crippen molar-refractivity contribution in [1.82, 2.24) is 14.9 Å². The fourth-order valence-electron chi connectivity index (χ4n) is 1.73.